The molecule has 3 aromatic rings. The second-order valence-corrected chi connectivity index (χ2v) is 6.44. The SMILES string of the molecule is COc1cc(C(=O)N2CCCN2C(=O)c2cccn2C)nc2ccccc12. The lowest BCUT2D eigenvalue weighted by Crippen LogP contribution is -2.45. The highest BCUT2D eigenvalue weighted by molar-refractivity contribution is 6.00. The van der Waals surface area contributed by atoms with E-state index < -0.39 is 0 Å². The van der Waals surface area contributed by atoms with Crippen LogP contribution in [0.2, 0.25) is 0 Å². The number of amides is 2. The van der Waals surface area contributed by atoms with Gasteiger partial charge in [-0.2, -0.15) is 0 Å². The van der Waals surface area contributed by atoms with E-state index in [9.17, 15) is 9.59 Å². The highest BCUT2D eigenvalue weighted by Crippen LogP contribution is 2.26. The fourth-order valence-electron chi connectivity index (χ4n) is 3.40. The van der Waals surface area contributed by atoms with Crippen LogP contribution >= 0.6 is 0 Å². The summed E-state index contributed by atoms with van der Waals surface area (Å²) in [4.78, 5) is 30.5. The quantitative estimate of drug-likeness (QED) is 0.716. The maximum Gasteiger partial charge on any atom is 0.291 e. The molecule has 7 nitrogen and oxygen atoms in total. The van der Waals surface area contributed by atoms with E-state index in [-0.39, 0.29) is 17.5 Å². The molecule has 0 unspecified atom stereocenters. The molecule has 1 aromatic carbocycles. The fourth-order valence-corrected chi connectivity index (χ4v) is 3.40. The normalized spacial score (nSPS) is 14.0. The Kier molecular flexibility index (Phi) is 4.27. The standard InChI is InChI=1S/C20H20N4O3/c1-22-10-5-9-17(22)20(26)24-12-6-11-23(24)19(25)16-13-18(27-2)14-7-3-4-8-15(14)21-16/h3-5,7-10,13H,6,11-12H2,1-2H3. The zero-order valence-corrected chi connectivity index (χ0v) is 15.3. The summed E-state index contributed by atoms with van der Waals surface area (Å²) in [6, 6.07) is 12.7. The molecule has 1 aliphatic rings. The zero-order valence-electron chi connectivity index (χ0n) is 15.3. The number of nitrogens with zero attached hydrogens (tertiary/aromatic N) is 4. The third kappa shape index (κ3) is 2.91. The highest BCUT2D eigenvalue weighted by Gasteiger charge is 2.33. The number of fused-ring (bicyclic) bond motifs is 1. The molecule has 138 valence electrons. The number of hydrazine groups is 1. The van der Waals surface area contributed by atoms with Crippen LogP contribution in [0.1, 0.15) is 27.4 Å². The van der Waals surface area contributed by atoms with Gasteiger partial charge in [0.25, 0.3) is 11.8 Å². The van der Waals surface area contributed by atoms with Gasteiger partial charge in [0.2, 0.25) is 0 Å². The highest BCUT2D eigenvalue weighted by atomic mass is 16.5. The van der Waals surface area contributed by atoms with E-state index in [1.807, 2.05) is 43.6 Å². The number of pyridine rings is 1. The van der Waals surface area contributed by atoms with Gasteiger partial charge in [0.05, 0.1) is 12.6 Å². The van der Waals surface area contributed by atoms with E-state index in [0.717, 1.165) is 11.8 Å². The Hall–Kier alpha value is -3.35. The molecule has 27 heavy (non-hydrogen) atoms. The topological polar surface area (TPSA) is 67.7 Å². The second-order valence-electron chi connectivity index (χ2n) is 6.44. The molecule has 4 rings (SSSR count). The van der Waals surface area contributed by atoms with Crippen molar-refractivity contribution in [1.82, 2.24) is 19.6 Å². The number of para-hydroxylation sites is 1. The lowest BCUT2D eigenvalue weighted by Gasteiger charge is -2.27. The molecule has 0 bridgehead atoms. The molecule has 2 aromatic heterocycles. The molecule has 1 saturated heterocycles. The zero-order chi connectivity index (χ0) is 19.0. The maximum atomic E-state index is 13.1. The second kappa shape index (κ2) is 6.75. The molecular formula is C20H20N4O3. The van der Waals surface area contributed by atoms with Crippen LogP contribution in [-0.4, -0.2) is 51.6 Å². The summed E-state index contributed by atoms with van der Waals surface area (Å²) in [5, 5.41) is 3.82. The van der Waals surface area contributed by atoms with E-state index in [1.165, 1.54) is 10.0 Å². The van der Waals surface area contributed by atoms with Crippen molar-refractivity contribution >= 4 is 22.7 Å². The summed E-state index contributed by atoms with van der Waals surface area (Å²) in [5.41, 5.74) is 1.48. The summed E-state index contributed by atoms with van der Waals surface area (Å²) in [5.74, 6) is 0.0867. The predicted molar refractivity (Wildman–Crippen MR) is 100 cm³/mol. The number of carbonyl (C=O) groups excluding carboxylic acids is 2. The van der Waals surface area contributed by atoms with Crippen molar-refractivity contribution in [3.63, 3.8) is 0 Å². The van der Waals surface area contributed by atoms with Gasteiger partial charge in [0.15, 0.2) is 0 Å². The molecule has 7 heteroatoms. The Labute approximate surface area is 156 Å². The third-order valence-corrected chi connectivity index (χ3v) is 4.78. The number of carbonyl (C=O) groups is 2. The average Bonchev–Trinajstić information content (AvgIpc) is 3.35. The van der Waals surface area contributed by atoms with Crippen molar-refractivity contribution < 1.29 is 14.3 Å². The number of hydrogen-bond donors (Lipinski definition) is 0. The van der Waals surface area contributed by atoms with Crippen LogP contribution in [0.25, 0.3) is 10.9 Å². The molecule has 3 heterocycles. The van der Waals surface area contributed by atoms with Gasteiger partial charge in [-0.1, -0.05) is 12.1 Å². The van der Waals surface area contributed by atoms with Crippen LogP contribution in [0.15, 0.2) is 48.7 Å². The molecule has 0 radical (unpaired) electrons. The van der Waals surface area contributed by atoms with Crippen molar-refractivity contribution in [2.45, 2.75) is 6.42 Å². The van der Waals surface area contributed by atoms with E-state index in [4.69, 9.17) is 4.74 Å². The molecule has 0 aliphatic carbocycles. The number of hydrogen-bond acceptors (Lipinski definition) is 4. The molecule has 2 amide bonds. The van der Waals surface area contributed by atoms with Crippen LogP contribution < -0.4 is 4.74 Å². The van der Waals surface area contributed by atoms with Gasteiger partial charge in [0, 0.05) is 37.8 Å². The van der Waals surface area contributed by atoms with Gasteiger partial charge < -0.3 is 9.30 Å². The monoisotopic (exact) mass is 364 g/mol. The first kappa shape index (κ1) is 17.1. The largest absolute Gasteiger partial charge is 0.496 e. The van der Waals surface area contributed by atoms with Crippen molar-refractivity contribution in [3.8, 4) is 5.75 Å². The fraction of sp³-hybridized carbons (Fsp3) is 0.250. The van der Waals surface area contributed by atoms with Gasteiger partial charge in [0.1, 0.15) is 17.1 Å². The molecule has 0 N–H and O–H groups in total. The van der Waals surface area contributed by atoms with Crippen molar-refractivity contribution in [2.24, 2.45) is 7.05 Å². The Morgan fingerprint density at radius 1 is 1.04 bits per heavy atom. The van der Waals surface area contributed by atoms with Gasteiger partial charge in [-0.05, 0) is 30.7 Å². The predicted octanol–water partition coefficient (Wildman–Crippen LogP) is 2.49. The molecule has 1 fully saturated rings. The van der Waals surface area contributed by atoms with E-state index in [1.54, 1.807) is 23.8 Å². The van der Waals surface area contributed by atoms with Gasteiger partial charge in [-0.3, -0.25) is 9.59 Å². The van der Waals surface area contributed by atoms with Crippen LogP contribution in [0, 0.1) is 0 Å². The number of aryl methyl sites for hydroxylation is 1. The summed E-state index contributed by atoms with van der Waals surface area (Å²) >= 11 is 0. The molecule has 1 aliphatic heterocycles. The minimum Gasteiger partial charge on any atom is -0.496 e. The van der Waals surface area contributed by atoms with Crippen molar-refractivity contribution in [1.29, 1.82) is 0 Å². The molecular weight excluding hydrogens is 344 g/mol. The first-order valence-electron chi connectivity index (χ1n) is 8.79. The van der Waals surface area contributed by atoms with Crippen LogP contribution in [0.5, 0.6) is 5.75 Å². The van der Waals surface area contributed by atoms with E-state index in [2.05, 4.69) is 4.98 Å². The number of methoxy groups -OCH3 is 1. The molecule has 0 saturated carbocycles. The summed E-state index contributed by atoms with van der Waals surface area (Å²) in [6.45, 7) is 0.978. The number of rotatable bonds is 3. The van der Waals surface area contributed by atoms with Crippen molar-refractivity contribution in [3.05, 3.63) is 60.0 Å². The average molecular weight is 364 g/mol. The van der Waals surface area contributed by atoms with Gasteiger partial charge in [-0.25, -0.2) is 15.0 Å². The smallest absolute Gasteiger partial charge is 0.291 e. The maximum absolute atomic E-state index is 13.1. The summed E-state index contributed by atoms with van der Waals surface area (Å²) in [7, 11) is 3.38. The number of ether oxygens (including phenoxy) is 1. The van der Waals surface area contributed by atoms with Crippen LogP contribution in [0.4, 0.5) is 0 Å². The Balaban J connectivity index is 1.68. The summed E-state index contributed by atoms with van der Waals surface area (Å²) < 4.78 is 7.19. The van der Waals surface area contributed by atoms with Gasteiger partial charge in [-0.15, -0.1) is 0 Å². The Bertz CT molecular complexity index is 1030. The Morgan fingerprint density at radius 2 is 1.78 bits per heavy atom. The summed E-state index contributed by atoms with van der Waals surface area (Å²) in [6.07, 6.45) is 2.54. The first-order valence-corrected chi connectivity index (χ1v) is 8.79. The number of benzene rings is 1. The minimum atomic E-state index is -0.306. The lowest BCUT2D eigenvalue weighted by molar-refractivity contribution is 0.0176. The first-order chi connectivity index (χ1) is 13.1. The minimum absolute atomic E-state index is 0.193. The third-order valence-electron chi connectivity index (χ3n) is 4.78. The molecule has 0 atom stereocenters. The Morgan fingerprint density at radius 3 is 2.48 bits per heavy atom. The number of aromatic nitrogens is 2. The van der Waals surface area contributed by atoms with E-state index in [0.29, 0.717) is 30.0 Å². The van der Waals surface area contributed by atoms with E-state index >= 15 is 0 Å². The lowest BCUT2D eigenvalue weighted by atomic mass is 10.1. The molecule has 0 spiro atoms. The van der Waals surface area contributed by atoms with Crippen molar-refractivity contribution in [2.75, 3.05) is 20.2 Å². The van der Waals surface area contributed by atoms with Gasteiger partial charge >= 0.3 is 0 Å². The van der Waals surface area contributed by atoms with Crippen LogP contribution in [-0.2, 0) is 7.05 Å². The van der Waals surface area contributed by atoms with Crippen LogP contribution in [0.3, 0.4) is 0 Å².